The second kappa shape index (κ2) is 11.7. The molecule has 41 heavy (non-hydrogen) atoms. The van der Waals surface area contributed by atoms with Gasteiger partial charge in [-0.15, -0.1) is 0 Å². The van der Waals surface area contributed by atoms with Gasteiger partial charge in [0.15, 0.2) is 11.6 Å². The Balaban J connectivity index is 1.59. The maximum Gasteiger partial charge on any atom is 0.407 e. The molecule has 2 heterocycles. The highest BCUT2D eigenvalue weighted by molar-refractivity contribution is 7.90. The number of carbonyl (C=O) groups is 1. The van der Waals surface area contributed by atoms with E-state index < -0.39 is 44.7 Å². The van der Waals surface area contributed by atoms with Gasteiger partial charge >= 0.3 is 16.3 Å². The molecular weight excluding hydrogens is 562 g/mol. The highest BCUT2D eigenvalue weighted by atomic mass is 32.2. The number of aromatic nitrogens is 2. The zero-order chi connectivity index (χ0) is 29.9. The predicted octanol–water partition coefficient (Wildman–Crippen LogP) is 3.68. The number of ether oxygens (including phenoxy) is 1. The summed E-state index contributed by atoms with van der Waals surface area (Å²) in [5.74, 6) is -1.49. The molecule has 218 valence electrons. The van der Waals surface area contributed by atoms with Crippen molar-refractivity contribution in [1.29, 1.82) is 5.26 Å². The normalized spacial score (nSPS) is 15.1. The van der Waals surface area contributed by atoms with E-state index in [0.717, 1.165) is 21.3 Å². The Bertz CT molecular complexity index is 1680. The Labute approximate surface area is 234 Å². The molecule has 1 aromatic heterocycles. The molecule has 0 aliphatic carbocycles. The monoisotopic (exact) mass is 590 g/mol. The Morgan fingerprint density at radius 1 is 1.29 bits per heavy atom. The summed E-state index contributed by atoms with van der Waals surface area (Å²) in [5, 5.41) is 18.9. The molecule has 0 atom stereocenters. The first-order chi connectivity index (χ1) is 19.4. The number of aryl methyl sites for hydroxylation is 1. The van der Waals surface area contributed by atoms with Gasteiger partial charge in [0.05, 0.1) is 22.9 Å². The van der Waals surface area contributed by atoms with Crippen LogP contribution in [0.15, 0.2) is 41.5 Å². The van der Waals surface area contributed by atoms with Crippen LogP contribution < -0.4 is 15.0 Å². The number of nitrogens with one attached hydrogen (secondary N) is 1. The summed E-state index contributed by atoms with van der Waals surface area (Å²) in [6.07, 6.45) is 0.209. The molecule has 15 heteroatoms. The number of anilines is 1. The predicted molar refractivity (Wildman–Crippen MR) is 145 cm³/mol. The van der Waals surface area contributed by atoms with Gasteiger partial charge in [-0.2, -0.15) is 18.0 Å². The quantitative estimate of drug-likeness (QED) is 0.382. The van der Waals surface area contributed by atoms with Crippen molar-refractivity contribution in [2.24, 2.45) is 0 Å². The van der Waals surface area contributed by atoms with Crippen molar-refractivity contribution in [3.63, 3.8) is 0 Å². The molecule has 1 saturated heterocycles. The van der Waals surface area contributed by atoms with E-state index in [-0.39, 0.29) is 62.3 Å². The van der Waals surface area contributed by atoms with Crippen molar-refractivity contribution in [2.45, 2.75) is 38.4 Å². The van der Waals surface area contributed by atoms with Gasteiger partial charge < -0.3 is 14.7 Å². The lowest BCUT2D eigenvalue weighted by Crippen LogP contribution is -2.44. The van der Waals surface area contributed by atoms with Crippen molar-refractivity contribution in [2.75, 3.05) is 31.4 Å². The number of amides is 1. The van der Waals surface area contributed by atoms with Crippen LogP contribution in [0.1, 0.15) is 31.7 Å². The van der Waals surface area contributed by atoms with Crippen molar-refractivity contribution < 1.29 is 31.8 Å². The lowest BCUT2D eigenvalue weighted by molar-refractivity contribution is 0.0475. The Morgan fingerprint density at radius 3 is 2.63 bits per heavy atom. The average molecular weight is 591 g/mol. The fourth-order valence-corrected chi connectivity index (χ4v) is 5.33. The van der Waals surface area contributed by atoms with Crippen molar-refractivity contribution >= 4 is 32.9 Å². The number of piperidine rings is 1. The molecule has 1 aliphatic heterocycles. The maximum absolute atomic E-state index is 15.3. The standard InChI is InChI=1S/C26H28F2N6O6S/c1-3-32(2)41(38,39)31-22-7-5-20(27)23(19(22)15-29)40-17-4-6-21-18(14-17)24(35)34(16-30-21)13-10-26(28)8-11-33(12-9-26)25(36)37/h4-7,14,16,31H,3,8-13H2,1-2H3,(H,36,37). The van der Waals surface area contributed by atoms with Crippen molar-refractivity contribution in [3.8, 4) is 17.6 Å². The second-order valence-corrected chi connectivity index (χ2v) is 11.4. The van der Waals surface area contributed by atoms with Crippen LogP contribution in [0.4, 0.5) is 19.3 Å². The largest absolute Gasteiger partial charge is 0.465 e. The molecule has 0 saturated carbocycles. The maximum atomic E-state index is 15.3. The second-order valence-electron chi connectivity index (χ2n) is 9.63. The van der Waals surface area contributed by atoms with Crippen molar-refractivity contribution in [1.82, 2.24) is 18.8 Å². The van der Waals surface area contributed by atoms with Gasteiger partial charge in [0, 0.05) is 33.2 Å². The smallest absolute Gasteiger partial charge is 0.407 e. The summed E-state index contributed by atoms with van der Waals surface area (Å²) in [5.41, 5.74) is -2.42. The van der Waals surface area contributed by atoms with Crippen LogP contribution in [0.3, 0.4) is 0 Å². The average Bonchev–Trinajstić information content (AvgIpc) is 2.94. The number of nitriles is 1. The Hall–Kier alpha value is -4.29. The first-order valence-electron chi connectivity index (χ1n) is 12.7. The minimum Gasteiger partial charge on any atom is -0.465 e. The minimum atomic E-state index is -4.02. The molecule has 0 radical (unpaired) electrons. The number of benzene rings is 2. The molecule has 0 unspecified atom stereocenters. The van der Waals surface area contributed by atoms with Gasteiger partial charge in [-0.1, -0.05) is 6.92 Å². The van der Waals surface area contributed by atoms with E-state index in [0.29, 0.717) is 5.52 Å². The van der Waals surface area contributed by atoms with E-state index in [4.69, 9.17) is 9.84 Å². The number of carboxylic acid groups (broad SMARTS) is 1. The Kier molecular flexibility index (Phi) is 8.45. The topological polar surface area (TPSA) is 158 Å². The van der Waals surface area contributed by atoms with Gasteiger partial charge in [-0.05, 0) is 49.6 Å². The van der Waals surface area contributed by atoms with Crippen molar-refractivity contribution in [3.05, 3.63) is 58.4 Å². The highest BCUT2D eigenvalue weighted by Gasteiger charge is 2.35. The number of nitrogens with zero attached hydrogens (tertiary/aromatic N) is 5. The first kappa shape index (κ1) is 29.7. The Morgan fingerprint density at radius 2 is 2.00 bits per heavy atom. The fraction of sp³-hybridized carbons (Fsp3) is 0.385. The van der Waals surface area contributed by atoms with Crippen LogP contribution in [0.5, 0.6) is 11.5 Å². The number of hydrogen-bond acceptors (Lipinski definition) is 7. The molecule has 4 rings (SSSR count). The van der Waals surface area contributed by atoms with Crippen LogP contribution in [-0.4, -0.2) is 70.7 Å². The van der Waals surface area contributed by atoms with E-state index in [9.17, 15) is 27.7 Å². The zero-order valence-electron chi connectivity index (χ0n) is 22.3. The summed E-state index contributed by atoms with van der Waals surface area (Å²) < 4.78 is 65.1. The van der Waals surface area contributed by atoms with E-state index in [1.54, 1.807) is 13.0 Å². The number of alkyl halides is 1. The number of likely N-dealkylation sites (tertiary alicyclic amines) is 1. The van der Waals surface area contributed by atoms with Gasteiger partial charge in [-0.3, -0.25) is 14.1 Å². The summed E-state index contributed by atoms with van der Waals surface area (Å²) in [4.78, 5) is 29.7. The van der Waals surface area contributed by atoms with Gasteiger partial charge in [0.1, 0.15) is 23.1 Å². The van der Waals surface area contributed by atoms with Gasteiger partial charge in [-0.25, -0.2) is 18.6 Å². The number of halogens is 2. The summed E-state index contributed by atoms with van der Waals surface area (Å²) >= 11 is 0. The molecule has 12 nitrogen and oxygen atoms in total. The third-order valence-corrected chi connectivity index (χ3v) is 8.62. The lowest BCUT2D eigenvalue weighted by Gasteiger charge is -2.35. The van der Waals surface area contributed by atoms with Gasteiger partial charge in [0.2, 0.25) is 0 Å². The number of hydrogen-bond donors (Lipinski definition) is 2. The van der Waals surface area contributed by atoms with E-state index in [1.165, 1.54) is 36.1 Å². The zero-order valence-corrected chi connectivity index (χ0v) is 23.1. The van der Waals surface area contributed by atoms with E-state index in [1.807, 2.05) is 0 Å². The highest BCUT2D eigenvalue weighted by Crippen LogP contribution is 2.34. The molecule has 3 aromatic rings. The molecule has 1 aliphatic rings. The third-order valence-electron chi connectivity index (χ3n) is 7.06. The minimum absolute atomic E-state index is 0.00195. The third kappa shape index (κ3) is 6.39. The van der Waals surface area contributed by atoms with Crippen LogP contribution in [0, 0.1) is 17.1 Å². The summed E-state index contributed by atoms with van der Waals surface area (Å²) in [7, 11) is -2.68. The molecule has 1 fully saturated rings. The van der Waals surface area contributed by atoms with Crippen LogP contribution in [-0.2, 0) is 16.8 Å². The SMILES string of the molecule is CCN(C)S(=O)(=O)Nc1ccc(F)c(Oc2ccc3ncn(CCC4(F)CCN(C(=O)O)CC4)c(=O)c3c2)c1C#N. The first-order valence-corrected chi connectivity index (χ1v) is 14.1. The number of fused-ring (bicyclic) bond motifs is 1. The summed E-state index contributed by atoms with van der Waals surface area (Å²) in [6.45, 7) is 1.90. The van der Waals surface area contributed by atoms with E-state index >= 15 is 4.39 Å². The molecule has 2 aromatic carbocycles. The van der Waals surface area contributed by atoms with E-state index in [2.05, 4.69) is 9.71 Å². The molecule has 2 N–H and O–H groups in total. The molecule has 0 spiro atoms. The molecule has 1 amide bonds. The van der Waals surface area contributed by atoms with Crippen LogP contribution in [0.25, 0.3) is 10.9 Å². The molecule has 0 bridgehead atoms. The van der Waals surface area contributed by atoms with Crippen LogP contribution >= 0.6 is 0 Å². The lowest BCUT2D eigenvalue weighted by atomic mass is 9.90. The fourth-order valence-electron chi connectivity index (χ4n) is 4.39. The van der Waals surface area contributed by atoms with Gasteiger partial charge in [0.25, 0.3) is 5.56 Å². The summed E-state index contributed by atoms with van der Waals surface area (Å²) in [6, 6.07) is 7.99. The number of rotatable bonds is 9. The molecular formula is C26H28F2N6O6S. The van der Waals surface area contributed by atoms with Crippen LogP contribution in [0.2, 0.25) is 0 Å².